The van der Waals surface area contributed by atoms with E-state index in [4.69, 9.17) is 9.47 Å². The molecule has 4 rings (SSSR count). The summed E-state index contributed by atoms with van der Waals surface area (Å²) in [6.45, 7) is -1.03. The molecule has 330 valence electrons. The molecule has 2 aliphatic heterocycles. The van der Waals surface area contributed by atoms with Crippen molar-refractivity contribution in [3.05, 3.63) is 65.2 Å². The van der Waals surface area contributed by atoms with E-state index in [-0.39, 0.29) is 25.9 Å². The van der Waals surface area contributed by atoms with Crippen LogP contribution in [0, 0.1) is 11.8 Å². The highest BCUT2D eigenvalue weighted by Gasteiger charge is 2.51. The molecule has 0 bridgehead atoms. The highest BCUT2D eigenvalue weighted by molar-refractivity contribution is 7.81. The van der Waals surface area contributed by atoms with Gasteiger partial charge in [-0.05, 0) is 30.2 Å². The van der Waals surface area contributed by atoms with Gasteiger partial charge in [-0.25, -0.2) is 16.7 Å². The lowest BCUT2D eigenvalue weighted by molar-refractivity contribution is -0.293. The van der Waals surface area contributed by atoms with E-state index in [1.165, 1.54) is 11.8 Å². The first-order valence-electron chi connectivity index (χ1n) is 17.0. The Morgan fingerprint density at radius 1 is 0.847 bits per heavy atom. The number of hydrogen-bond donors (Lipinski definition) is 8. The van der Waals surface area contributed by atoms with Gasteiger partial charge in [0, 0.05) is 30.6 Å². The molecule has 1 fully saturated rings. The minimum Gasteiger partial charge on any atom is -0.388 e. The number of benzene rings is 2. The van der Waals surface area contributed by atoms with Crippen LogP contribution < -0.4 is 10.2 Å². The Morgan fingerprint density at radius 2 is 1.42 bits per heavy atom. The van der Waals surface area contributed by atoms with Gasteiger partial charge in [0.25, 0.3) is 0 Å². The normalized spacial score (nSPS) is 23.3. The van der Waals surface area contributed by atoms with E-state index in [2.05, 4.69) is 33.9 Å². The van der Waals surface area contributed by atoms with Crippen LogP contribution in [0.3, 0.4) is 0 Å². The van der Waals surface area contributed by atoms with Crippen LogP contribution in [0.25, 0.3) is 0 Å². The first-order valence-corrected chi connectivity index (χ1v) is 22.5. The molecule has 8 N–H and O–H groups in total. The monoisotopic (exact) mass is 920 g/mol. The van der Waals surface area contributed by atoms with Gasteiger partial charge >= 0.3 is 41.6 Å². The summed E-state index contributed by atoms with van der Waals surface area (Å²) < 4.78 is 159. The third-order valence-corrected chi connectivity index (χ3v) is 10.4. The molecule has 0 spiro atoms. The molecule has 9 atom stereocenters. The van der Waals surface area contributed by atoms with Crippen molar-refractivity contribution in [3.63, 3.8) is 0 Å². The summed E-state index contributed by atoms with van der Waals surface area (Å²) >= 11 is 0. The predicted octanol–water partition coefficient (Wildman–Crippen LogP) is -2.10. The van der Waals surface area contributed by atoms with E-state index in [0.29, 0.717) is 16.8 Å². The van der Waals surface area contributed by atoms with Gasteiger partial charge in [-0.2, -0.15) is 33.7 Å². The Morgan fingerprint density at radius 3 is 2.03 bits per heavy atom. The van der Waals surface area contributed by atoms with Crippen molar-refractivity contribution in [1.29, 1.82) is 0 Å². The lowest BCUT2D eigenvalue weighted by Crippen LogP contribution is -2.61. The van der Waals surface area contributed by atoms with Crippen LogP contribution in [0.5, 0.6) is 0 Å². The number of nitrogens with one attached hydrogen (secondary N) is 1. The van der Waals surface area contributed by atoms with E-state index in [1.807, 2.05) is 0 Å². The average molecular weight is 921 g/mol. The van der Waals surface area contributed by atoms with E-state index in [1.54, 1.807) is 48.5 Å². The van der Waals surface area contributed by atoms with Crippen molar-refractivity contribution < 1.29 is 98.2 Å². The zero-order valence-electron chi connectivity index (χ0n) is 30.4. The summed E-state index contributed by atoms with van der Waals surface area (Å²) in [5.74, 6) is 5.62. The molecule has 2 aliphatic rings. The number of aliphatic hydroxyl groups excluding tert-OH is 3. The van der Waals surface area contributed by atoms with Gasteiger partial charge < -0.3 is 35.0 Å². The SMILES string of the molecule is CC[C@H]1O[C@@H](OCC(O)[C@@H](O)[C@H](OS(=O)(=O)O)[C@@H](CNCCC(=O)N2Cc3ccccc3C#Cc3ccccc32)OS(=O)(=O)O)[C@H](OS(=O)(=O)O)[C@H](OS(=O)(=O)O)[C@@H]1O. The number of amides is 1. The topological polar surface area (TPSA) is 366 Å². The second-order valence-corrected chi connectivity index (χ2v) is 16.9. The summed E-state index contributed by atoms with van der Waals surface area (Å²) in [6, 6.07) is 13.9. The van der Waals surface area contributed by atoms with Gasteiger partial charge in [0.15, 0.2) is 12.4 Å². The molecule has 0 radical (unpaired) electrons. The number of carbonyl (C=O) groups is 1. The highest BCUT2D eigenvalue weighted by Crippen LogP contribution is 2.31. The van der Waals surface area contributed by atoms with Crippen LogP contribution in [-0.2, 0) is 79.1 Å². The maximum absolute atomic E-state index is 13.6. The van der Waals surface area contributed by atoms with Gasteiger partial charge in [0.1, 0.15) is 36.6 Å². The Hall–Kier alpha value is -3.29. The van der Waals surface area contributed by atoms with Crippen molar-refractivity contribution >= 4 is 53.2 Å². The van der Waals surface area contributed by atoms with Crippen LogP contribution in [0.2, 0.25) is 0 Å². The fraction of sp³-hybridized carbons (Fsp3) is 0.516. The number of anilines is 1. The van der Waals surface area contributed by atoms with Crippen LogP contribution in [0.1, 0.15) is 36.5 Å². The van der Waals surface area contributed by atoms with E-state index in [0.717, 1.165) is 5.56 Å². The molecule has 59 heavy (non-hydrogen) atoms. The average Bonchev–Trinajstić information content (AvgIpc) is 3.11. The fourth-order valence-corrected chi connectivity index (χ4v) is 7.98. The molecule has 2 heterocycles. The van der Waals surface area contributed by atoms with Crippen LogP contribution in [-0.4, -0.2) is 148 Å². The molecule has 2 aromatic carbocycles. The summed E-state index contributed by atoms with van der Waals surface area (Å²) in [5.41, 5.74) is 2.42. The molecule has 28 heteroatoms. The second kappa shape index (κ2) is 20.1. The van der Waals surface area contributed by atoms with Crippen molar-refractivity contribution in [2.24, 2.45) is 0 Å². The molecule has 1 unspecified atom stereocenters. The molecule has 1 amide bonds. The first-order chi connectivity index (χ1) is 27.4. The maximum Gasteiger partial charge on any atom is 0.397 e. The van der Waals surface area contributed by atoms with Crippen molar-refractivity contribution in [3.8, 4) is 11.8 Å². The number of para-hydroxylation sites is 1. The third-order valence-electron chi connectivity index (χ3n) is 8.53. The second-order valence-electron chi connectivity index (χ2n) is 12.7. The highest BCUT2D eigenvalue weighted by atomic mass is 32.3. The number of rotatable bonds is 20. The van der Waals surface area contributed by atoms with E-state index >= 15 is 0 Å². The van der Waals surface area contributed by atoms with Crippen molar-refractivity contribution in [1.82, 2.24) is 5.32 Å². The zero-order chi connectivity index (χ0) is 43.9. The number of aliphatic hydroxyl groups is 3. The number of ether oxygens (including phenoxy) is 2. The maximum atomic E-state index is 13.6. The van der Waals surface area contributed by atoms with E-state index in [9.17, 15) is 72.0 Å². The number of nitrogens with zero attached hydrogens (tertiary/aromatic N) is 1. The molecular weight excluding hydrogens is 881 g/mol. The minimum atomic E-state index is -5.66. The van der Waals surface area contributed by atoms with Gasteiger partial charge in [0.05, 0.1) is 24.9 Å². The van der Waals surface area contributed by atoms with Crippen LogP contribution in [0.15, 0.2) is 48.5 Å². The standard InChI is InChI=1S/C31H40N2O22S4/c1-2-23-27(37)29(54-58(44,45)46)30(55-59(47,48)49)31(51-23)50-17-22(34)26(36)28(53-57(41,42)43)24(52-56(38,39)40)15-32-14-13-25(35)33-16-20-9-4-3-7-18(20)11-12-19-8-5-6-10-21(19)33/h3-10,22-24,26-32,34,36-37H,2,13-17H2,1H3,(H,38,39,40)(H,41,42,43)(H,44,45,46)(H,47,48,49)/t22?,23-,24-,26-,27-,28-,29-,30-,31-/m1/s1. The van der Waals surface area contributed by atoms with Gasteiger partial charge in [-0.3, -0.25) is 23.0 Å². The smallest absolute Gasteiger partial charge is 0.388 e. The lowest BCUT2D eigenvalue weighted by Gasteiger charge is -2.42. The Balaban J connectivity index is 1.52. The Kier molecular flexibility index (Phi) is 16.4. The number of fused-ring (bicyclic) bond motifs is 2. The summed E-state index contributed by atoms with van der Waals surface area (Å²) in [6.07, 6.45) is -21.3. The molecule has 0 saturated carbocycles. The molecule has 0 aromatic heterocycles. The zero-order valence-corrected chi connectivity index (χ0v) is 33.7. The lowest BCUT2D eigenvalue weighted by atomic mass is 9.97. The Bertz CT molecular complexity index is 2300. The molecular formula is C31H40N2O22S4. The molecule has 24 nitrogen and oxygen atoms in total. The molecule has 1 saturated heterocycles. The van der Waals surface area contributed by atoms with Gasteiger partial charge in [-0.1, -0.05) is 49.1 Å². The van der Waals surface area contributed by atoms with Crippen LogP contribution in [0.4, 0.5) is 5.69 Å². The van der Waals surface area contributed by atoms with E-state index < -0.39 is 116 Å². The minimum absolute atomic E-state index is 0.105. The number of hydrogen-bond acceptors (Lipinski definition) is 19. The fourth-order valence-electron chi connectivity index (χ4n) is 5.99. The summed E-state index contributed by atoms with van der Waals surface area (Å²) in [5, 5.41) is 34.9. The number of carbonyl (C=O) groups excluding carboxylic acids is 1. The molecule has 2 aromatic rings. The first kappa shape index (κ1) is 48.4. The summed E-state index contributed by atoms with van der Waals surface area (Å²) in [4.78, 5) is 15.0. The molecule has 0 aliphatic carbocycles. The third kappa shape index (κ3) is 14.7. The predicted molar refractivity (Wildman–Crippen MR) is 196 cm³/mol. The quantitative estimate of drug-likeness (QED) is 0.0400. The summed E-state index contributed by atoms with van der Waals surface area (Å²) in [7, 11) is -22.2. The van der Waals surface area contributed by atoms with Crippen molar-refractivity contribution in [2.45, 2.75) is 81.4 Å². The van der Waals surface area contributed by atoms with Gasteiger partial charge in [0.2, 0.25) is 5.91 Å². The van der Waals surface area contributed by atoms with Gasteiger partial charge in [-0.15, -0.1) is 0 Å². The Labute approximate surface area is 338 Å². The van der Waals surface area contributed by atoms with Crippen molar-refractivity contribution in [2.75, 3.05) is 24.6 Å². The largest absolute Gasteiger partial charge is 0.397 e. The van der Waals surface area contributed by atoms with Crippen LogP contribution >= 0.6 is 0 Å².